The minimum Gasteiger partial charge on any atom is -0.462 e. The summed E-state index contributed by atoms with van der Waals surface area (Å²) in [7, 11) is 0. The van der Waals surface area contributed by atoms with Crippen molar-refractivity contribution in [3.8, 4) is 0 Å². The molecule has 4 nitrogen and oxygen atoms in total. The van der Waals surface area contributed by atoms with E-state index in [1.54, 1.807) is 6.92 Å². The van der Waals surface area contributed by atoms with Crippen LogP contribution in [-0.2, 0) is 19.1 Å². The smallest absolute Gasteiger partial charge is 0.309 e. The van der Waals surface area contributed by atoms with Gasteiger partial charge in [0, 0.05) is 12.3 Å². The molecule has 1 heterocycles. The van der Waals surface area contributed by atoms with Crippen LogP contribution in [-0.4, -0.2) is 24.6 Å². The van der Waals surface area contributed by atoms with Crippen LogP contribution in [0, 0.1) is 17.8 Å². The van der Waals surface area contributed by atoms with Crippen LogP contribution in [0.25, 0.3) is 0 Å². The molecule has 1 saturated heterocycles. The van der Waals surface area contributed by atoms with Crippen molar-refractivity contribution in [2.24, 2.45) is 17.8 Å². The van der Waals surface area contributed by atoms with Crippen LogP contribution in [0.15, 0.2) is 0 Å². The molecule has 1 aliphatic heterocycles. The van der Waals surface area contributed by atoms with Crippen molar-refractivity contribution in [2.45, 2.75) is 39.2 Å². The van der Waals surface area contributed by atoms with Crippen LogP contribution in [0.5, 0.6) is 0 Å². The second kappa shape index (κ2) is 4.44. The van der Waals surface area contributed by atoms with E-state index in [-0.39, 0.29) is 36.5 Å². The summed E-state index contributed by atoms with van der Waals surface area (Å²) in [4.78, 5) is 22.6. The van der Waals surface area contributed by atoms with E-state index in [0.29, 0.717) is 12.3 Å². The van der Waals surface area contributed by atoms with Gasteiger partial charge in [-0.2, -0.15) is 0 Å². The van der Waals surface area contributed by atoms with Gasteiger partial charge in [-0.1, -0.05) is 13.8 Å². The zero-order chi connectivity index (χ0) is 11.7. The first kappa shape index (κ1) is 11.4. The molecular formula is C12H18O4. The quantitative estimate of drug-likeness (QED) is 0.685. The van der Waals surface area contributed by atoms with Crippen molar-refractivity contribution in [1.82, 2.24) is 0 Å². The second-order valence-corrected chi connectivity index (χ2v) is 4.86. The van der Waals surface area contributed by atoms with Crippen molar-refractivity contribution in [3.63, 3.8) is 0 Å². The maximum atomic E-state index is 11.6. The third-order valence-corrected chi connectivity index (χ3v) is 3.59. The van der Waals surface area contributed by atoms with Gasteiger partial charge in [0.2, 0.25) is 0 Å². The summed E-state index contributed by atoms with van der Waals surface area (Å²) in [6.45, 7) is 4.14. The molecule has 4 heteroatoms. The van der Waals surface area contributed by atoms with Gasteiger partial charge >= 0.3 is 11.9 Å². The number of cyclic esters (lactones) is 1. The van der Waals surface area contributed by atoms with Crippen LogP contribution in [0.2, 0.25) is 0 Å². The predicted molar refractivity (Wildman–Crippen MR) is 56.5 cm³/mol. The van der Waals surface area contributed by atoms with E-state index in [0.717, 1.165) is 12.8 Å². The summed E-state index contributed by atoms with van der Waals surface area (Å²) in [6.07, 6.45) is 2.08. The number of carbonyl (C=O) groups is 2. The highest BCUT2D eigenvalue weighted by molar-refractivity contribution is 5.76. The summed E-state index contributed by atoms with van der Waals surface area (Å²) in [5.74, 6) is 0.539. The van der Waals surface area contributed by atoms with Crippen molar-refractivity contribution in [2.75, 3.05) is 6.61 Å². The standard InChI is InChI=1S/C12H18O4/c1-3-11(13)15-6-10-8-4-7(2)5-9(8)12(14)16-10/h7-10H,3-6H2,1-2H3. The first-order valence-electron chi connectivity index (χ1n) is 5.98. The van der Waals surface area contributed by atoms with Gasteiger partial charge in [-0.15, -0.1) is 0 Å². The molecule has 2 aliphatic rings. The van der Waals surface area contributed by atoms with Gasteiger partial charge in [0.25, 0.3) is 0 Å². The molecule has 0 aromatic carbocycles. The van der Waals surface area contributed by atoms with Crippen LogP contribution >= 0.6 is 0 Å². The van der Waals surface area contributed by atoms with Gasteiger partial charge in [-0.3, -0.25) is 9.59 Å². The van der Waals surface area contributed by atoms with Gasteiger partial charge in [0.1, 0.15) is 12.7 Å². The van der Waals surface area contributed by atoms with Gasteiger partial charge in [-0.25, -0.2) is 0 Å². The molecule has 90 valence electrons. The summed E-state index contributed by atoms with van der Waals surface area (Å²) in [5, 5.41) is 0. The van der Waals surface area contributed by atoms with Crippen molar-refractivity contribution < 1.29 is 19.1 Å². The predicted octanol–water partition coefficient (Wildman–Crippen LogP) is 1.53. The van der Waals surface area contributed by atoms with Crippen molar-refractivity contribution in [3.05, 3.63) is 0 Å². The first-order valence-corrected chi connectivity index (χ1v) is 5.98. The van der Waals surface area contributed by atoms with Gasteiger partial charge in [0.05, 0.1) is 5.92 Å². The monoisotopic (exact) mass is 226 g/mol. The molecule has 0 aromatic heterocycles. The Kier molecular flexibility index (Phi) is 3.17. The Morgan fingerprint density at radius 1 is 1.50 bits per heavy atom. The highest BCUT2D eigenvalue weighted by Gasteiger charge is 2.49. The number of hydrogen-bond acceptors (Lipinski definition) is 4. The molecule has 4 unspecified atom stereocenters. The molecule has 0 bridgehead atoms. The molecule has 0 aromatic rings. The lowest BCUT2D eigenvalue weighted by Crippen LogP contribution is -2.24. The fraction of sp³-hybridized carbons (Fsp3) is 0.833. The van der Waals surface area contributed by atoms with E-state index in [1.807, 2.05) is 0 Å². The molecular weight excluding hydrogens is 208 g/mol. The largest absolute Gasteiger partial charge is 0.462 e. The van der Waals surface area contributed by atoms with Crippen molar-refractivity contribution >= 4 is 11.9 Å². The second-order valence-electron chi connectivity index (χ2n) is 4.86. The molecule has 0 spiro atoms. The van der Waals surface area contributed by atoms with E-state index in [9.17, 15) is 9.59 Å². The summed E-state index contributed by atoms with van der Waals surface area (Å²) in [6, 6.07) is 0. The molecule has 16 heavy (non-hydrogen) atoms. The molecule has 0 radical (unpaired) electrons. The van der Waals surface area contributed by atoms with E-state index >= 15 is 0 Å². The van der Waals surface area contributed by atoms with Crippen LogP contribution in [0.3, 0.4) is 0 Å². The van der Waals surface area contributed by atoms with E-state index < -0.39 is 0 Å². The fourth-order valence-electron chi connectivity index (χ4n) is 2.77. The SMILES string of the molecule is CCC(=O)OCC1OC(=O)C2CC(C)CC12. The summed E-state index contributed by atoms with van der Waals surface area (Å²) < 4.78 is 10.3. The fourth-order valence-corrected chi connectivity index (χ4v) is 2.77. The highest BCUT2D eigenvalue weighted by atomic mass is 16.6. The molecule has 2 rings (SSSR count). The van der Waals surface area contributed by atoms with E-state index in [1.165, 1.54) is 0 Å². The summed E-state index contributed by atoms with van der Waals surface area (Å²) in [5.41, 5.74) is 0. The minimum absolute atomic E-state index is 0.0420. The van der Waals surface area contributed by atoms with Crippen molar-refractivity contribution in [1.29, 1.82) is 0 Å². The third kappa shape index (κ3) is 2.06. The zero-order valence-corrected chi connectivity index (χ0v) is 9.77. The number of esters is 2. The van der Waals surface area contributed by atoms with Crippen LogP contribution in [0.4, 0.5) is 0 Å². The van der Waals surface area contributed by atoms with Gasteiger partial charge in [0.15, 0.2) is 0 Å². The number of ether oxygens (including phenoxy) is 2. The Morgan fingerprint density at radius 3 is 2.94 bits per heavy atom. The lowest BCUT2D eigenvalue weighted by Gasteiger charge is -2.16. The summed E-state index contributed by atoms with van der Waals surface area (Å²) >= 11 is 0. The van der Waals surface area contributed by atoms with Crippen LogP contribution in [0.1, 0.15) is 33.1 Å². The third-order valence-electron chi connectivity index (χ3n) is 3.59. The zero-order valence-electron chi connectivity index (χ0n) is 9.77. The Labute approximate surface area is 95.3 Å². The lowest BCUT2D eigenvalue weighted by atomic mass is 9.94. The maximum Gasteiger partial charge on any atom is 0.309 e. The molecule has 4 atom stereocenters. The molecule has 1 saturated carbocycles. The number of fused-ring (bicyclic) bond motifs is 1. The Bertz CT molecular complexity index is 299. The van der Waals surface area contributed by atoms with Gasteiger partial charge in [-0.05, 0) is 18.8 Å². The van der Waals surface area contributed by atoms with E-state index in [4.69, 9.17) is 9.47 Å². The molecule has 2 fully saturated rings. The average molecular weight is 226 g/mol. The number of carbonyl (C=O) groups excluding carboxylic acids is 2. The normalized spacial score (nSPS) is 37.0. The average Bonchev–Trinajstić information content (AvgIpc) is 2.76. The van der Waals surface area contributed by atoms with Crippen LogP contribution < -0.4 is 0 Å². The lowest BCUT2D eigenvalue weighted by molar-refractivity contribution is -0.154. The molecule has 1 aliphatic carbocycles. The number of hydrogen-bond donors (Lipinski definition) is 0. The number of rotatable bonds is 3. The maximum absolute atomic E-state index is 11.6. The first-order chi connectivity index (χ1) is 7.61. The van der Waals surface area contributed by atoms with Gasteiger partial charge < -0.3 is 9.47 Å². The molecule has 0 amide bonds. The Hall–Kier alpha value is -1.06. The highest BCUT2D eigenvalue weighted by Crippen LogP contribution is 2.44. The Morgan fingerprint density at radius 2 is 2.25 bits per heavy atom. The Balaban J connectivity index is 1.91. The topological polar surface area (TPSA) is 52.6 Å². The van der Waals surface area contributed by atoms with E-state index in [2.05, 4.69) is 6.92 Å². The molecule has 0 N–H and O–H groups in total. The minimum atomic E-state index is -0.231.